The highest BCUT2D eigenvalue weighted by molar-refractivity contribution is 7.92. The monoisotopic (exact) mass is 527 g/mol. The van der Waals surface area contributed by atoms with Gasteiger partial charge in [-0.05, 0) is 51.0 Å². The Hall–Kier alpha value is -2.29. The Morgan fingerprint density at radius 3 is 2.24 bits per heavy atom. The van der Waals surface area contributed by atoms with Crippen molar-refractivity contribution in [3.8, 4) is 0 Å². The number of amides is 2. The number of nitrogens with one attached hydrogen (secondary N) is 1. The molecule has 0 saturated heterocycles. The van der Waals surface area contributed by atoms with Crippen molar-refractivity contribution in [1.82, 2.24) is 10.2 Å². The van der Waals surface area contributed by atoms with E-state index in [2.05, 4.69) is 5.32 Å². The third-order valence-corrected chi connectivity index (χ3v) is 7.33. The maximum Gasteiger partial charge on any atom is 0.242 e. The van der Waals surface area contributed by atoms with E-state index in [-0.39, 0.29) is 37.7 Å². The van der Waals surface area contributed by atoms with Crippen molar-refractivity contribution in [1.29, 1.82) is 0 Å². The van der Waals surface area contributed by atoms with Gasteiger partial charge >= 0.3 is 0 Å². The predicted molar refractivity (Wildman–Crippen MR) is 138 cm³/mol. The van der Waals surface area contributed by atoms with E-state index in [0.29, 0.717) is 27.8 Å². The lowest BCUT2D eigenvalue weighted by Gasteiger charge is -2.30. The van der Waals surface area contributed by atoms with Gasteiger partial charge < -0.3 is 10.2 Å². The fourth-order valence-corrected chi connectivity index (χ4v) is 5.12. The van der Waals surface area contributed by atoms with Gasteiger partial charge in [-0.15, -0.1) is 0 Å². The van der Waals surface area contributed by atoms with Crippen LogP contribution < -0.4 is 9.62 Å². The molecule has 186 valence electrons. The molecule has 0 aliphatic rings. The SMILES string of the molecule is CCNC(=O)C(C)N(Cc1c(Cl)cccc1Cl)C(=O)CCCN(c1ccccc1C)S(C)(=O)=O. The van der Waals surface area contributed by atoms with Crippen LogP contribution in [-0.2, 0) is 26.2 Å². The number of anilines is 1. The standard InChI is InChI=1S/C24H31Cl2N3O4S/c1-5-27-24(31)18(3)28(16-19-20(25)11-8-12-21(19)26)23(30)14-9-15-29(34(4,32)33)22-13-7-6-10-17(22)2/h6-8,10-13,18H,5,9,14-16H2,1-4H3,(H,27,31). The second kappa shape index (κ2) is 12.4. The van der Waals surface area contributed by atoms with Gasteiger partial charge in [0.2, 0.25) is 21.8 Å². The average molecular weight is 529 g/mol. The third-order valence-electron chi connectivity index (χ3n) is 5.44. The Morgan fingerprint density at radius 1 is 1.06 bits per heavy atom. The molecule has 0 heterocycles. The second-order valence-electron chi connectivity index (χ2n) is 8.02. The highest BCUT2D eigenvalue weighted by atomic mass is 35.5. The quantitative estimate of drug-likeness (QED) is 0.469. The highest BCUT2D eigenvalue weighted by Crippen LogP contribution is 2.27. The number of halogens is 2. The van der Waals surface area contributed by atoms with Crippen LogP contribution >= 0.6 is 23.2 Å². The minimum Gasteiger partial charge on any atom is -0.355 e. The molecule has 2 amide bonds. The average Bonchev–Trinajstić information content (AvgIpc) is 2.76. The summed E-state index contributed by atoms with van der Waals surface area (Å²) in [4.78, 5) is 27.2. The van der Waals surface area contributed by atoms with Crippen molar-refractivity contribution < 1.29 is 18.0 Å². The van der Waals surface area contributed by atoms with E-state index in [1.807, 2.05) is 19.1 Å². The van der Waals surface area contributed by atoms with Gasteiger partial charge in [-0.3, -0.25) is 13.9 Å². The largest absolute Gasteiger partial charge is 0.355 e. The lowest BCUT2D eigenvalue weighted by atomic mass is 10.1. The molecule has 2 aromatic carbocycles. The van der Waals surface area contributed by atoms with Gasteiger partial charge in [0.25, 0.3) is 0 Å². The molecular formula is C24H31Cl2N3O4S. The Morgan fingerprint density at radius 2 is 1.68 bits per heavy atom. The molecule has 1 atom stereocenters. The minimum atomic E-state index is -3.55. The molecule has 0 aliphatic heterocycles. The first-order valence-corrected chi connectivity index (χ1v) is 13.6. The highest BCUT2D eigenvalue weighted by Gasteiger charge is 2.27. The van der Waals surface area contributed by atoms with E-state index in [4.69, 9.17) is 23.2 Å². The summed E-state index contributed by atoms with van der Waals surface area (Å²) >= 11 is 12.6. The van der Waals surface area contributed by atoms with Crippen LogP contribution in [-0.4, -0.2) is 50.5 Å². The van der Waals surface area contributed by atoms with Gasteiger partial charge in [0, 0.05) is 41.7 Å². The summed E-state index contributed by atoms with van der Waals surface area (Å²) in [5, 5.41) is 3.53. The van der Waals surface area contributed by atoms with Crippen LogP contribution in [0.5, 0.6) is 0 Å². The van der Waals surface area contributed by atoms with Crippen molar-refractivity contribution in [2.75, 3.05) is 23.7 Å². The maximum absolute atomic E-state index is 13.2. The molecule has 2 rings (SSSR count). The first kappa shape index (κ1) is 28.0. The van der Waals surface area contributed by atoms with Gasteiger partial charge in [0.05, 0.1) is 11.9 Å². The molecule has 10 heteroatoms. The molecule has 2 aromatic rings. The maximum atomic E-state index is 13.2. The van der Waals surface area contributed by atoms with Crippen molar-refractivity contribution in [3.05, 3.63) is 63.6 Å². The Kier molecular flexibility index (Phi) is 10.2. The smallest absolute Gasteiger partial charge is 0.242 e. The van der Waals surface area contributed by atoms with E-state index in [0.717, 1.165) is 11.8 Å². The zero-order valence-corrected chi connectivity index (χ0v) is 22.2. The number of hydrogen-bond acceptors (Lipinski definition) is 4. The summed E-state index contributed by atoms with van der Waals surface area (Å²) < 4.78 is 26.2. The van der Waals surface area contributed by atoms with E-state index >= 15 is 0 Å². The summed E-state index contributed by atoms with van der Waals surface area (Å²) in [6.07, 6.45) is 1.46. The summed E-state index contributed by atoms with van der Waals surface area (Å²) in [5.41, 5.74) is 1.94. The molecule has 0 aliphatic carbocycles. The number of sulfonamides is 1. The van der Waals surface area contributed by atoms with E-state index < -0.39 is 16.1 Å². The number of para-hydroxylation sites is 1. The van der Waals surface area contributed by atoms with Gasteiger partial charge in [-0.25, -0.2) is 8.42 Å². The zero-order chi connectivity index (χ0) is 25.5. The van der Waals surface area contributed by atoms with Crippen LogP contribution in [0.1, 0.15) is 37.8 Å². The Bertz CT molecular complexity index is 1100. The summed E-state index contributed by atoms with van der Waals surface area (Å²) in [7, 11) is -3.55. The lowest BCUT2D eigenvalue weighted by Crippen LogP contribution is -2.47. The number of hydrogen-bond donors (Lipinski definition) is 1. The normalized spacial score (nSPS) is 12.2. The summed E-state index contributed by atoms with van der Waals surface area (Å²) in [5.74, 6) is -0.593. The van der Waals surface area contributed by atoms with Crippen molar-refractivity contribution in [2.24, 2.45) is 0 Å². The summed E-state index contributed by atoms with van der Waals surface area (Å²) in [6, 6.07) is 11.5. The van der Waals surface area contributed by atoms with Gasteiger partial charge in [0.15, 0.2) is 0 Å². The van der Waals surface area contributed by atoms with Gasteiger partial charge in [-0.1, -0.05) is 47.5 Å². The first-order valence-electron chi connectivity index (χ1n) is 11.0. The van der Waals surface area contributed by atoms with Crippen molar-refractivity contribution >= 4 is 50.7 Å². The number of carbonyl (C=O) groups excluding carboxylic acids is 2. The Labute approximate surface area is 212 Å². The zero-order valence-electron chi connectivity index (χ0n) is 19.8. The minimum absolute atomic E-state index is 0.0454. The van der Waals surface area contributed by atoms with Crippen LogP contribution in [0.2, 0.25) is 10.0 Å². The number of rotatable bonds is 11. The molecule has 1 N–H and O–H groups in total. The molecule has 0 fully saturated rings. The number of aryl methyl sites for hydroxylation is 1. The fraction of sp³-hybridized carbons (Fsp3) is 0.417. The topological polar surface area (TPSA) is 86.8 Å². The number of carbonyl (C=O) groups is 2. The molecule has 1 unspecified atom stereocenters. The van der Waals surface area contributed by atoms with Crippen LogP contribution in [0.4, 0.5) is 5.69 Å². The summed E-state index contributed by atoms with van der Waals surface area (Å²) in [6.45, 7) is 5.89. The van der Waals surface area contributed by atoms with Crippen molar-refractivity contribution in [3.63, 3.8) is 0 Å². The lowest BCUT2D eigenvalue weighted by molar-refractivity contribution is -0.140. The molecule has 0 aromatic heterocycles. The molecule has 0 radical (unpaired) electrons. The van der Waals surface area contributed by atoms with Crippen molar-refractivity contribution in [2.45, 2.75) is 46.2 Å². The van der Waals surface area contributed by atoms with Gasteiger partial charge in [-0.2, -0.15) is 0 Å². The third kappa shape index (κ3) is 7.35. The number of nitrogens with zero attached hydrogens (tertiary/aromatic N) is 2. The molecule has 0 bridgehead atoms. The molecule has 0 spiro atoms. The van der Waals surface area contributed by atoms with Crippen LogP contribution in [0, 0.1) is 6.92 Å². The fourth-order valence-electron chi connectivity index (χ4n) is 3.58. The van der Waals surface area contributed by atoms with E-state index in [1.165, 1.54) is 9.21 Å². The first-order chi connectivity index (χ1) is 16.0. The van der Waals surface area contributed by atoms with E-state index in [1.54, 1.807) is 44.2 Å². The Balaban J connectivity index is 2.22. The van der Waals surface area contributed by atoms with E-state index in [9.17, 15) is 18.0 Å². The molecular weight excluding hydrogens is 497 g/mol. The number of likely N-dealkylation sites (N-methyl/N-ethyl adjacent to an activating group) is 1. The predicted octanol–water partition coefficient (Wildman–Crippen LogP) is 4.40. The molecule has 0 saturated carbocycles. The van der Waals surface area contributed by atoms with Crippen LogP contribution in [0.15, 0.2) is 42.5 Å². The second-order valence-corrected chi connectivity index (χ2v) is 10.7. The van der Waals surface area contributed by atoms with Gasteiger partial charge in [0.1, 0.15) is 6.04 Å². The van der Waals surface area contributed by atoms with Crippen LogP contribution in [0.3, 0.4) is 0 Å². The molecule has 34 heavy (non-hydrogen) atoms. The van der Waals surface area contributed by atoms with Crippen LogP contribution in [0.25, 0.3) is 0 Å². The number of benzene rings is 2. The molecule has 7 nitrogen and oxygen atoms in total.